The molecule has 2 atom stereocenters. The zero-order valence-corrected chi connectivity index (χ0v) is 23.3. The lowest BCUT2D eigenvalue weighted by molar-refractivity contribution is -0.132. The van der Waals surface area contributed by atoms with E-state index in [1.54, 1.807) is 37.3 Å². The van der Waals surface area contributed by atoms with Gasteiger partial charge in [-0.1, -0.05) is 53.5 Å². The molecule has 0 saturated heterocycles. The molecule has 0 aliphatic rings. The van der Waals surface area contributed by atoms with Crippen molar-refractivity contribution in [2.75, 3.05) is 6.61 Å². The number of hydrogen-bond donors (Lipinski definition) is 2. The second kappa shape index (κ2) is 14.4. The van der Waals surface area contributed by atoms with E-state index in [4.69, 9.17) is 37.9 Å². The van der Waals surface area contributed by atoms with Crippen LogP contribution in [0.1, 0.15) is 18.1 Å². The number of rotatable bonds is 11. The van der Waals surface area contributed by atoms with E-state index in [0.717, 1.165) is 5.56 Å². The van der Waals surface area contributed by atoms with Crippen LogP contribution >= 0.6 is 39.1 Å². The van der Waals surface area contributed by atoms with Crippen LogP contribution in [0.15, 0.2) is 76.3 Å². The molecule has 3 aromatic carbocycles. The van der Waals surface area contributed by atoms with Gasteiger partial charge in [0.25, 0.3) is 11.8 Å². The first kappa shape index (κ1) is 29.0. The van der Waals surface area contributed by atoms with Crippen LogP contribution in [0.5, 0.6) is 11.5 Å². The second-order valence-corrected chi connectivity index (χ2v) is 9.65. The first-order valence-electron chi connectivity index (χ1n) is 11.3. The Kier molecular flexibility index (Phi) is 11.0. The van der Waals surface area contributed by atoms with E-state index in [0.29, 0.717) is 26.6 Å². The van der Waals surface area contributed by atoms with Gasteiger partial charge in [-0.25, -0.2) is 5.43 Å². The molecule has 0 heterocycles. The third-order valence-corrected chi connectivity index (χ3v) is 6.27. The molecule has 8 nitrogen and oxygen atoms in total. The van der Waals surface area contributed by atoms with Gasteiger partial charge in [-0.2, -0.15) is 10.4 Å². The normalized spacial score (nSPS) is 12.3. The summed E-state index contributed by atoms with van der Waals surface area (Å²) in [5.74, 6) is -0.214. The van der Waals surface area contributed by atoms with E-state index >= 15 is 0 Å². The van der Waals surface area contributed by atoms with Crippen molar-refractivity contribution in [1.29, 1.82) is 5.26 Å². The largest absolute Gasteiger partial charge is 0.479 e. The second-order valence-electron chi connectivity index (χ2n) is 7.96. The highest BCUT2D eigenvalue weighted by Gasteiger charge is 2.25. The summed E-state index contributed by atoms with van der Waals surface area (Å²) in [5, 5.41) is 16.1. The van der Waals surface area contributed by atoms with Gasteiger partial charge in [-0.3, -0.25) is 9.59 Å². The number of amides is 2. The highest BCUT2D eigenvalue weighted by Crippen LogP contribution is 2.28. The monoisotopic (exact) mass is 616 g/mol. The Morgan fingerprint density at radius 3 is 2.50 bits per heavy atom. The van der Waals surface area contributed by atoms with Crippen LogP contribution in [0.4, 0.5) is 0 Å². The van der Waals surface area contributed by atoms with Gasteiger partial charge in [-0.15, -0.1) is 0 Å². The summed E-state index contributed by atoms with van der Waals surface area (Å²) in [7, 11) is 0. The number of carbonyl (C=O) groups is 2. The van der Waals surface area contributed by atoms with Crippen LogP contribution in [-0.2, 0) is 16.0 Å². The van der Waals surface area contributed by atoms with E-state index in [2.05, 4.69) is 31.8 Å². The Bertz CT molecular complexity index is 1350. The van der Waals surface area contributed by atoms with Crippen molar-refractivity contribution in [3.8, 4) is 17.6 Å². The highest BCUT2D eigenvalue weighted by molar-refractivity contribution is 9.10. The SMILES string of the molecule is C[C@H](Oc1ccc(Cl)cc1Cl)C(=O)N[C@@H](Cc1ccccc1)C(=O)N/N=C\c1ccc(OCC#N)c(Br)c1. The van der Waals surface area contributed by atoms with E-state index in [-0.39, 0.29) is 18.1 Å². The van der Waals surface area contributed by atoms with Crippen molar-refractivity contribution in [2.45, 2.75) is 25.5 Å². The molecular formula is C27H23BrCl2N4O4. The fraction of sp³-hybridized carbons (Fsp3) is 0.185. The Morgan fingerprint density at radius 1 is 1.08 bits per heavy atom. The lowest BCUT2D eigenvalue weighted by Crippen LogP contribution is -2.50. The number of benzene rings is 3. The summed E-state index contributed by atoms with van der Waals surface area (Å²) >= 11 is 15.4. The molecule has 0 bridgehead atoms. The third kappa shape index (κ3) is 8.77. The van der Waals surface area contributed by atoms with E-state index < -0.39 is 24.0 Å². The van der Waals surface area contributed by atoms with Crippen molar-refractivity contribution in [3.05, 3.63) is 92.4 Å². The summed E-state index contributed by atoms with van der Waals surface area (Å²) in [6.07, 6.45) is 0.743. The summed E-state index contributed by atoms with van der Waals surface area (Å²) in [6, 6.07) is 20.1. The zero-order valence-electron chi connectivity index (χ0n) is 20.2. The summed E-state index contributed by atoms with van der Waals surface area (Å²) < 4.78 is 11.6. The molecule has 0 radical (unpaired) electrons. The number of hydrazone groups is 1. The van der Waals surface area contributed by atoms with Crippen molar-refractivity contribution in [3.63, 3.8) is 0 Å². The van der Waals surface area contributed by atoms with Gasteiger partial charge < -0.3 is 14.8 Å². The van der Waals surface area contributed by atoms with Gasteiger partial charge >= 0.3 is 0 Å². The van der Waals surface area contributed by atoms with Crippen LogP contribution < -0.4 is 20.2 Å². The molecular weight excluding hydrogens is 595 g/mol. The minimum Gasteiger partial charge on any atom is -0.479 e. The number of nitrogens with zero attached hydrogens (tertiary/aromatic N) is 2. The Balaban J connectivity index is 1.67. The van der Waals surface area contributed by atoms with Gasteiger partial charge in [0.1, 0.15) is 23.6 Å². The van der Waals surface area contributed by atoms with E-state index in [9.17, 15) is 9.59 Å². The topological polar surface area (TPSA) is 113 Å². The number of nitrogens with one attached hydrogen (secondary N) is 2. The maximum absolute atomic E-state index is 13.0. The van der Waals surface area contributed by atoms with Crippen molar-refractivity contribution >= 4 is 57.2 Å². The van der Waals surface area contributed by atoms with Crippen LogP contribution in [-0.4, -0.2) is 36.8 Å². The first-order chi connectivity index (χ1) is 18.3. The van der Waals surface area contributed by atoms with Crippen LogP contribution in [0.3, 0.4) is 0 Å². The molecule has 2 amide bonds. The van der Waals surface area contributed by atoms with Crippen LogP contribution in [0, 0.1) is 11.3 Å². The molecule has 11 heteroatoms. The molecule has 196 valence electrons. The smallest absolute Gasteiger partial charge is 0.262 e. The first-order valence-corrected chi connectivity index (χ1v) is 12.9. The summed E-state index contributed by atoms with van der Waals surface area (Å²) in [4.78, 5) is 25.9. The van der Waals surface area contributed by atoms with Gasteiger partial charge in [0.15, 0.2) is 12.7 Å². The van der Waals surface area contributed by atoms with Crippen molar-refractivity contribution in [1.82, 2.24) is 10.7 Å². The maximum atomic E-state index is 13.0. The number of carbonyl (C=O) groups excluding carboxylic acids is 2. The molecule has 3 rings (SSSR count). The highest BCUT2D eigenvalue weighted by atomic mass is 79.9. The molecule has 0 aliphatic carbocycles. The lowest BCUT2D eigenvalue weighted by atomic mass is 10.1. The van der Waals surface area contributed by atoms with Gasteiger partial charge in [0, 0.05) is 11.4 Å². The Hall–Kier alpha value is -3.58. The van der Waals surface area contributed by atoms with Crippen LogP contribution in [0.25, 0.3) is 0 Å². The van der Waals surface area contributed by atoms with Gasteiger partial charge in [-0.05, 0) is 70.4 Å². The van der Waals surface area contributed by atoms with E-state index in [1.165, 1.54) is 12.3 Å². The molecule has 38 heavy (non-hydrogen) atoms. The Morgan fingerprint density at radius 2 is 1.82 bits per heavy atom. The van der Waals surface area contributed by atoms with Gasteiger partial charge in [0.05, 0.1) is 15.7 Å². The average molecular weight is 618 g/mol. The molecule has 0 saturated carbocycles. The standard InChI is InChI=1S/C27H23BrCl2N4O4/c1-17(38-25-10-8-20(29)15-22(25)30)26(35)33-23(14-18-5-3-2-4-6-18)27(36)34-32-16-19-7-9-24(21(28)13-19)37-12-11-31/h2-10,13,15-17,23H,12,14H2,1H3,(H,33,35)(H,34,36)/b32-16-/t17-,23-/m0/s1. The zero-order chi connectivity index (χ0) is 27.5. The molecule has 3 aromatic rings. The lowest BCUT2D eigenvalue weighted by Gasteiger charge is -2.21. The average Bonchev–Trinajstić information content (AvgIpc) is 2.90. The summed E-state index contributed by atoms with van der Waals surface area (Å²) in [6.45, 7) is 1.48. The van der Waals surface area contributed by atoms with Crippen molar-refractivity contribution < 1.29 is 19.1 Å². The minimum atomic E-state index is -0.942. The summed E-state index contributed by atoms with van der Waals surface area (Å²) in [5.41, 5.74) is 4.00. The predicted molar refractivity (Wildman–Crippen MR) is 150 cm³/mol. The number of halogens is 3. The molecule has 2 N–H and O–H groups in total. The molecule has 0 unspecified atom stereocenters. The fourth-order valence-electron chi connectivity index (χ4n) is 3.24. The minimum absolute atomic E-state index is 0.0764. The fourth-order valence-corrected chi connectivity index (χ4v) is 4.20. The Labute approximate surface area is 238 Å². The van der Waals surface area contributed by atoms with Crippen molar-refractivity contribution in [2.24, 2.45) is 5.10 Å². The number of hydrogen-bond acceptors (Lipinski definition) is 6. The molecule has 0 aliphatic heterocycles. The quantitative estimate of drug-likeness (QED) is 0.224. The van der Waals surface area contributed by atoms with E-state index in [1.807, 2.05) is 36.4 Å². The van der Waals surface area contributed by atoms with Crippen LogP contribution in [0.2, 0.25) is 10.0 Å². The van der Waals surface area contributed by atoms with Gasteiger partial charge in [0.2, 0.25) is 0 Å². The third-order valence-electron chi connectivity index (χ3n) is 5.12. The maximum Gasteiger partial charge on any atom is 0.262 e. The molecule has 0 spiro atoms. The molecule has 0 aromatic heterocycles. The number of ether oxygens (including phenoxy) is 2. The molecule has 0 fully saturated rings. The number of nitriles is 1. The predicted octanol–water partition coefficient (Wildman–Crippen LogP) is 5.30.